The van der Waals surface area contributed by atoms with Crippen molar-refractivity contribution in [2.24, 2.45) is 0 Å². The fraction of sp³-hybridized carbons (Fsp3) is 0.448. The lowest BCUT2D eigenvalue weighted by atomic mass is 9.87. The number of sulfonamides is 2. The van der Waals surface area contributed by atoms with E-state index in [4.69, 9.17) is 14.2 Å². The molecule has 4 rings (SSSR count). The minimum atomic E-state index is -4.08. The number of rotatable bonds is 14. The van der Waals surface area contributed by atoms with Crippen LogP contribution in [-0.2, 0) is 25.5 Å². The van der Waals surface area contributed by atoms with Gasteiger partial charge in [-0.1, -0.05) is 45.0 Å². The summed E-state index contributed by atoms with van der Waals surface area (Å²) in [4.78, 5) is 9.21. The molecule has 1 saturated carbocycles. The highest BCUT2D eigenvalue weighted by molar-refractivity contribution is 7.92. The summed E-state index contributed by atoms with van der Waals surface area (Å²) in [5, 5.41) is 0. The van der Waals surface area contributed by atoms with Crippen LogP contribution in [0.4, 0.5) is 5.82 Å². The molecule has 3 aromatic rings. The Morgan fingerprint density at radius 1 is 0.952 bits per heavy atom. The Morgan fingerprint density at radius 2 is 1.62 bits per heavy atom. The molecule has 0 spiro atoms. The molecule has 0 unspecified atom stereocenters. The van der Waals surface area contributed by atoms with Crippen molar-refractivity contribution in [1.82, 2.24) is 14.7 Å². The molecule has 1 heterocycles. The molecular formula is C29H38N4O7S2. The first kappa shape index (κ1) is 31.5. The number of aromatic nitrogens is 2. The summed E-state index contributed by atoms with van der Waals surface area (Å²) in [6.45, 7) is 7.98. The lowest BCUT2D eigenvalue weighted by Gasteiger charge is -2.20. The smallest absolute Gasteiger partial charge is 0.263 e. The van der Waals surface area contributed by atoms with Crippen molar-refractivity contribution in [2.45, 2.75) is 63.2 Å². The predicted molar refractivity (Wildman–Crippen MR) is 161 cm³/mol. The maximum atomic E-state index is 13.6. The van der Waals surface area contributed by atoms with Crippen molar-refractivity contribution in [3.8, 4) is 23.1 Å². The number of para-hydroxylation sites is 2. The molecule has 42 heavy (non-hydrogen) atoms. The summed E-state index contributed by atoms with van der Waals surface area (Å²) in [7, 11) is -5.92. The van der Waals surface area contributed by atoms with Crippen LogP contribution >= 0.6 is 0 Å². The summed E-state index contributed by atoms with van der Waals surface area (Å²) >= 11 is 0. The monoisotopic (exact) mass is 618 g/mol. The Bertz CT molecular complexity index is 1600. The van der Waals surface area contributed by atoms with Crippen molar-refractivity contribution >= 4 is 25.9 Å². The second kappa shape index (κ2) is 12.8. The van der Waals surface area contributed by atoms with Crippen molar-refractivity contribution in [1.29, 1.82) is 0 Å². The van der Waals surface area contributed by atoms with Crippen LogP contribution in [0.2, 0.25) is 0 Å². The molecule has 1 aliphatic rings. The van der Waals surface area contributed by atoms with Gasteiger partial charge in [0.1, 0.15) is 5.82 Å². The van der Waals surface area contributed by atoms with Gasteiger partial charge in [0.05, 0.1) is 24.4 Å². The highest BCUT2D eigenvalue weighted by Gasteiger charge is 2.32. The van der Waals surface area contributed by atoms with Gasteiger partial charge < -0.3 is 14.2 Å². The third-order valence-electron chi connectivity index (χ3n) is 6.60. The van der Waals surface area contributed by atoms with E-state index in [1.807, 2.05) is 0 Å². The van der Waals surface area contributed by atoms with Gasteiger partial charge >= 0.3 is 0 Å². The average Bonchev–Trinajstić information content (AvgIpc) is 3.80. The van der Waals surface area contributed by atoms with Gasteiger partial charge in [-0.05, 0) is 61.4 Å². The minimum Gasteiger partial charge on any atom is -0.493 e. The molecule has 1 aliphatic carbocycles. The molecule has 0 saturated heterocycles. The van der Waals surface area contributed by atoms with Crippen LogP contribution < -0.4 is 23.7 Å². The molecule has 13 heteroatoms. The van der Waals surface area contributed by atoms with Crippen LogP contribution in [0.15, 0.2) is 53.4 Å². The fourth-order valence-corrected chi connectivity index (χ4v) is 5.60. The van der Waals surface area contributed by atoms with Crippen molar-refractivity contribution in [2.75, 3.05) is 30.7 Å². The Kier molecular flexibility index (Phi) is 9.63. The molecule has 1 fully saturated rings. The first-order chi connectivity index (χ1) is 19.8. The topological polar surface area (TPSA) is 146 Å². The highest BCUT2D eigenvalue weighted by atomic mass is 32.2. The molecule has 228 valence electrons. The van der Waals surface area contributed by atoms with E-state index in [0.717, 1.165) is 18.4 Å². The van der Waals surface area contributed by atoms with E-state index in [9.17, 15) is 16.8 Å². The SMILES string of the molecule is CCS(=O)(=O)NCCCOc1nc(C2CC2)nc(NS(=O)(=O)c2ccc(C(C)(C)C)cc2)c1Oc1ccccc1OC. The van der Waals surface area contributed by atoms with E-state index >= 15 is 0 Å². The van der Waals surface area contributed by atoms with Gasteiger partial charge in [-0.25, -0.2) is 26.5 Å². The molecule has 0 radical (unpaired) electrons. The standard InChI is InChI=1S/C29H38N4O7S2/c1-6-41(34,35)30-18-9-19-39-28-25(40-24-11-8-7-10-23(24)38-5)27(31-26(32-28)20-12-13-20)33-42(36,37)22-16-14-21(15-17-22)29(2,3)4/h7-8,10-11,14-17,20,30H,6,9,12-13,18-19H2,1-5H3,(H,31,32,33). The molecule has 2 N–H and O–H groups in total. The third-order valence-corrected chi connectivity index (χ3v) is 9.36. The average molecular weight is 619 g/mol. The summed E-state index contributed by atoms with van der Waals surface area (Å²) in [6.07, 6.45) is 2.08. The zero-order valence-electron chi connectivity index (χ0n) is 24.5. The number of methoxy groups -OCH3 is 1. The summed E-state index contributed by atoms with van der Waals surface area (Å²) < 4.78 is 73.3. The van der Waals surface area contributed by atoms with Gasteiger partial charge in [0, 0.05) is 12.5 Å². The van der Waals surface area contributed by atoms with Gasteiger partial charge in [-0.15, -0.1) is 0 Å². The number of anilines is 1. The zero-order valence-corrected chi connectivity index (χ0v) is 26.1. The number of hydrogen-bond donors (Lipinski definition) is 2. The maximum Gasteiger partial charge on any atom is 0.263 e. The van der Waals surface area contributed by atoms with Gasteiger partial charge in [-0.2, -0.15) is 4.98 Å². The quantitative estimate of drug-likeness (QED) is 0.239. The fourth-order valence-electron chi connectivity index (χ4n) is 3.93. The Morgan fingerprint density at radius 3 is 2.21 bits per heavy atom. The van der Waals surface area contributed by atoms with Gasteiger partial charge in [0.25, 0.3) is 15.9 Å². The third kappa shape index (κ3) is 8.11. The summed E-state index contributed by atoms with van der Waals surface area (Å²) in [5.74, 6) is 1.13. The Hall–Kier alpha value is -3.42. The molecule has 0 aliphatic heterocycles. The van der Waals surface area contributed by atoms with E-state index in [0.29, 0.717) is 23.7 Å². The number of benzene rings is 2. The largest absolute Gasteiger partial charge is 0.493 e. The van der Waals surface area contributed by atoms with Crippen LogP contribution in [0.5, 0.6) is 23.1 Å². The molecule has 1 aromatic heterocycles. The zero-order chi connectivity index (χ0) is 30.5. The summed E-state index contributed by atoms with van der Waals surface area (Å²) in [6, 6.07) is 13.6. The Labute approximate surface area is 248 Å². The van der Waals surface area contributed by atoms with Crippen molar-refractivity contribution in [3.63, 3.8) is 0 Å². The van der Waals surface area contributed by atoms with Crippen LogP contribution in [0, 0.1) is 0 Å². The van der Waals surface area contributed by atoms with Gasteiger partial charge in [0.2, 0.25) is 15.8 Å². The lowest BCUT2D eigenvalue weighted by molar-refractivity contribution is 0.281. The van der Waals surface area contributed by atoms with E-state index in [-0.39, 0.29) is 52.6 Å². The van der Waals surface area contributed by atoms with Crippen molar-refractivity contribution < 1.29 is 31.0 Å². The first-order valence-corrected chi connectivity index (χ1v) is 16.9. The normalized spacial score (nSPS) is 13.9. The molecule has 2 aromatic carbocycles. The molecule has 0 bridgehead atoms. The first-order valence-electron chi connectivity index (χ1n) is 13.8. The summed E-state index contributed by atoms with van der Waals surface area (Å²) in [5.41, 5.74) is 0.858. The number of nitrogens with one attached hydrogen (secondary N) is 2. The van der Waals surface area contributed by atoms with E-state index in [2.05, 4.69) is 40.2 Å². The second-order valence-corrected chi connectivity index (χ2v) is 14.7. The van der Waals surface area contributed by atoms with Crippen LogP contribution in [0.1, 0.15) is 64.3 Å². The molecule has 11 nitrogen and oxygen atoms in total. The highest BCUT2D eigenvalue weighted by Crippen LogP contribution is 2.45. The van der Waals surface area contributed by atoms with Gasteiger partial charge in [-0.3, -0.25) is 4.72 Å². The predicted octanol–water partition coefficient (Wildman–Crippen LogP) is 4.96. The lowest BCUT2D eigenvalue weighted by Crippen LogP contribution is -2.27. The minimum absolute atomic E-state index is 0.0240. The van der Waals surface area contributed by atoms with Crippen molar-refractivity contribution in [3.05, 3.63) is 59.9 Å². The number of ether oxygens (including phenoxy) is 3. The molecule has 0 atom stereocenters. The number of hydrogen-bond acceptors (Lipinski definition) is 9. The second-order valence-electron chi connectivity index (χ2n) is 11.0. The maximum absolute atomic E-state index is 13.6. The number of nitrogens with zero attached hydrogens (tertiary/aromatic N) is 2. The van der Waals surface area contributed by atoms with E-state index < -0.39 is 20.0 Å². The van der Waals surface area contributed by atoms with E-state index in [1.54, 1.807) is 55.5 Å². The van der Waals surface area contributed by atoms with Crippen LogP contribution in [0.3, 0.4) is 0 Å². The van der Waals surface area contributed by atoms with E-state index in [1.165, 1.54) is 7.11 Å². The van der Waals surface area contributed by atoms with Crippen LogP contribution in [0.25, 0.3) is 0 Å². The Balaban J connectivity index is 1.70. The molecule has 0 amide bonds. The van der Waals surface area contributed by atoms with Crippen LogP contribution in [-0.4, -0.2) is 52.8 Å². The van der Waals surface area contributed by atoms with Gasteiger partial charge in [0.15, 0.2) is 17.3 Å². The molecular weight excluding hydrogens is 580 g/mol.